The lowest BCUT2D eigenvalue weighted by Gasteiger charge is -2.05. The van der Waals surface area contributed by atoms with Gasteiger partial charge in [-0.2, -0.15) is 0 Å². The van der Waals surface area contributed by atoms with Crippen LogP contribution in [0, 0.1) is 4.77 Å². The zero-order chi connectivity index (χ0) is 11.7. The molecule has 0 radical (unpaired) electrons. The first-order chi connectivity index (χ1) is 7.63. The molecule has 0 amide bonds. The zero-order valence-corrected chi connectivity index (χ0v) is 9.25. The normalized spacial score (nSPS) is 10.5. The van der Waals surface area contributed by atoms with E-state index in [9.17, 15) is 9.90 Å². The Kier molecular flexibility index (Phi) is 2.62. The van der Waals surface area contributed by atoms with Crippen molar-refractivity contribution >= 4 is 23.1 Å². The molecule has 0 bridgehead atoms. The molecule has 2 N–H and O–H groups in total. The number of fused-ring (bicyclic) bond motifs is 1. The summed E-state index contributed by atoms with van der Waals surface area (Å²) >= 11 is 5.06. The van der Waals surface area contributed by atoms with Crippen LogP contribution in [0.25, 0.3) is 10.9 Å². The Hall–Kier alpha value is -1.88. The van der Waals surface area contributed by atoms with E-state index >= 15 is 0 Å². The van der Waals surface area contributed by atoms with Crippen LogP contribution in [0.1, 0.15) is 0 Å². The number of rotatable bonds is 2. The molecule has 1 aromatic heterocycles. The largest absolute Gasteiger partial charge is 0.508 e. The number of aromatic nitrogens is 2. The van der Waals surface area contributed by atoms with Crippen LogP contribution in [0.4, 0.5) is 0 Å². The fraction of sp³-hybridized carbons (Fsp3) is 0.0909. The van der Waals surface area contributed by atoms with Crippen molar-refractivity contribution in [1.82, 2.24) is 9.55 Å². The number of nitrogens with one attached hydrogen (secondary N) is 1. The highest BCUT2D eigenvalue weighted by molar-refractivity contribution is 7.71. The first-order valence-electron chi connectivity index (χ1n) is 4.70. The van der Waals surface area contributed by atoms with Crippen LogP contribution in [0.3, 0.4) is 0 Å². The number of H-pyrrole nitrogens is 1. The fourth-order valence-corrected chi connectivity index (χ4v) is 1.80. The predicted octanol–water partition coefficient (Wildman–Crippen LogP) is 1.95. The van der Waals surface area contributed by atoms with Crippen LogP contribution in [0.15, 0.2) is 35.6 Å². The van der Waals surface area contributed by atoms with Crippen molar-refractivity contribution in [3.05, 3.63) is 46.0 Å². The highest BCUT2D eigenvalue weighted by atomic mass is 32.1. The molecule has 0 aliphatic heterocycles. The third kappa shape index (κ3) is 1.65. The molecule has 4 nitrogen and oxygen atoms in total. The van der Waals surface area contributed by atoms with Gasteiger partial charge in [-0.1, -0.05) is 6.08 Å². The number of phenols is 1. The van der Waals surface area contributed by atoms with Gasteiger partial charge in [0.05, 0.1) is 10.9 Å². The van der Waals surface area contributed by atoms with E-state index in [-0.39, 0.29) is 11.3 Å². The van der Waals surface area contributed by atoms with Gasteiger partial charge < -0.3 is 10.1 Å². The molecular weight excluding hydrogens is 224 g/mol. The minimum atomic E-state index is -0.227. The Morgan fingerprint density at radius 2 is 2.31 bits per heavy atom. The Morgan fingerprint density at radius 3 is 3.00 bits per heavy atom. The third-order valence-electron chi connectivity index (χ3n) is 2.28. The van der Waals surface area contributed by atoms with Gasteiger partial charge >= 0.3 is 0 Å². The molecular formula is C11H10N2O2S. The topological polar surface area (TPSA) is 58.0 Å². The molecule has 0 fully saturated rings. The number of benzene rings is 1. The highest BCUT2D eigenvalue weighted by Crippen LogP contribution is 2.14. The molecule has 2 rings (SSSR count). The molecule has 0 unspecified atom stereocenters. The predicted molar refractivity (Wildman–Crippen MR) is 65.3 cm³/mol. The van der Waals surface area contributed by atoms with E-state index in [1.165, 1.54) is 16.7 Å². The molecule has 0 saturated carbocycles. The van der Waals surface area contributed by atoms with Crippen LogP contribution >= 0.6 is 12.2 Å². The van der Waals surface area contributed by atoms with E-state index in [1.54, 1.807) is 12.1 Å². The molecule has 1 aromatic carbocycles. The van der Waals surface area contributed by atoms with Gasteiger partial charge in [0, 0.05) is 6.54 Å². The summed E-state index contributed by atoms with van der Waals surface area (Å²) in [5.74, 6) is 0.0558. The molecule has 16 heavy (non-hydrogen) atoms. The maximum Gasteiger partial charge on any atom is 0.262 e. The van der Waals surface area contributed by atoms with Gasteiger partial charge in [0.25, 0.3) is 5.56 Å². The number of nitrogens with zero attached hydrogens (tertiary/aromatic N) is 1. The molecule has 82 valence electrons. The number of phenolic OH excluding ortho intramolecular Hbond substituents is 1. The van der Waals surface area contributed by atoms with Gasteiger partial charge in [0.2, 0.25) is 0 Å². The standard InChI is InChI=1S/C11H10N2O2S/c1-2-5-13-10(15)8-6-7(14)3-4-9(8)12-11(13)16/h2-4,6,14H,1,5H2,(H,12,16). The lowest BCUT2D eigenvalue weighted by Crippen LogP contribution is -2.21. The second kappa shape index (κ2) is 3.94. The van der Waals surface area contributed by atoms with E-state index in [1.807, 2.05) is 0 Å². The average molecular weight is 234 g/mol. The second-order valence-corrected chi connectivity index (χ2v) is 3.75. The van der Waals surface area contributed by atoms with E-state index in [4.69, 9.17) is 12.2 Å². The molecule has 0 aliphatic rings. The smallest absolute Gasteiger partial charge is 0.262 e. The minimum absolute atomic E-state index is 0.0558. The van der Waals surface area contributed by atoms with E-state index in [2.05, 4.69) is 11.6 Å². The summed E-state index contributed by atoms with van der Waals surface area (Å²) in [4.78, 5) is 14.9. The Labute approximate surface area is 96.5 Å². The minimum Gasteiger partial charge on any atom is -0.508 e. The number of allylic oxidation sites excluding steroid dienone is 1. The Balaban J connectivity index is 2.90. The quantitative estimate of drug-likeness (QED) is 0.617. The highest BCUT2D eigenvalue weighted by Gasteiger charge is 2.04. The summed E-state index contributed by atoms with van der Waals surface area (Å²) in [5, 5.41) is 9.75. The molecule has 2 aromatic rings. The van der Waals surface area contributed by atoms with E-state index in [0.29, 0.717) is 22.2 Å². The molecule has 0 aliphatic carbocycles. The van der Waals surface area contributed by atoms with Gasteiger partial charge in [-0.15, -0.1) is 6.58 Å². The van der Waals surface area contributed by atoms with Crippen molar-refractivity contribution in [1.29, 1.82) is 0 Å². The summed E-state index contributed by atoms with van der Waals surface area (Å²) in [6.45, 7) is 3.91. The monoisotopic (exact) mass is 234 g/mol. The van der Waals surface area contributed by atoms with Crippen LogP contribution in [-0.2, 0) is 6.54 Å². The van der Waals surface area contributed by atoms with Crippen molar-refractivity contribution in [2.24, 2.45) is 0 Å². The first-order valence-corrected chi connectivity index (χ1v) is 5.11. The summed E-state index contributed by atoms with van der Waals surface area (Å²) in [6.07, 6.45) is 1.60. The fourth-order valence-electron chi connectivity index (χ4n) is 1.53. The molecule has 0 spiro atoms. The SMILES string of the molecule is C=CCn1c(=S)[nH]c2ccc(O)cc2c1=O. The van der Waals surface area contributed by atoms with Crippen molar-refractivity contribution in [2.75, 3.05) is 0 Å². The van der Waals surface area contributed by atoms with Crippen molar-refractivity contribution in [3.63, 3.8) is 0 Å². The van der Waals surface area contributed by atoms with Crippen LogP contribution < -0.4 is 5.56 Å². The summed E-state index contributed by atoms with van der Waals surface area (Å²) in [5.41, 5.74) is 0.391. The number of aromatic hydroxyl groups is 1. The average Bonchev–Trinajstić information content (AvgIpc) is 2.26. The van der Waals surface area contributed by atoms with Crippen molar-refractivity contribution in [3.8, 4) is 5.75 Å². The second-order valence-electron chi connectivity index (χ2n) is 3.36. The van der Waals surface area contributed by atoms with Gasteiger partial charge in [0.15, 0.2) is 4.77 Å². The zero-order valence-electron chi connectivity index (χ0n) is 8.43. The summed E-state index contributed by atoms with van der Waals surface area (Å²) < 4.78 is 1.74. The Bertz CT molecular complexity index is 670. The van der Waals surface area contributed by atoms with Crippen LogP contribution in [0.5, 0.6) is 5.75 Å². The lowest BCUT2D eigenvalue weighted by molar-refractivity contribution is 0.476. The lowest BCUT2D eigenvalue weighted by atomic mass is 10.2. The third-order valence-corrected chi connectivity index (χ3v) is 2.60. The van der Waals surface area contributed by atoms with Crippen LogP contribution in [-0.4, -0.2) is 14.7 Å². The number of hydrogen-bond donors (Lipinski definition) is 2. The van der Waals surface area contributed by atoms with Gasteiger partial charge in [-0.3, -0.25) is 9.36 Å². The van der Waals surface area contributed by atoms with Crippen LogP contribution in [0.2, 0.25) is 0 Å². The maximum absolute atomic E-state index is 12.0. The maximum atomic E-state index is 12.0. The van der Waals surface area contributed by atoms with Gasteiger partial charge in [-0.25, -0.2) is 0 Å². The van der Waals surface area contributed by atoms with Gasteiger partial charge in [-0.05, 0) is 30.4 Å². The molecule has 1 heterocycles. The van der Waals surface area contributed by atoms with E-state index < -0.39 is 0 Å². The Morgan fingerprint density at radius 1 is 1.56 bits per heavy atom. The number of aromatic amines is 1. The van der Waals surface area contributed by atoms with E-state index in [0.717, 1.165) is 0 Å². The van der Waals surface area contributed by atoms with Gasteiger partial charge in [0.1, 0.15) is 5.75 Å². The molecule has 0 atom stereocenters. The number of hydrogen-bond acceptors (Lipinski definition) is 3. The summed E-state index contributed by atoms with van der Waals surface area (Å²) in [7, 11) is 0. The molecule has 5 heteroatoms. The van der Waals surface area contributed by atoms with Crippen molar-refractivity contribution in [2.45, 2.75) is 6.54 Å². The molecule has 0 saturated heterocycles. The van der Waals surface area contributed by atoms with Crippen molar-refractivity contribution < 1.29 is 5.11 Å². The first kappa shape index (κ1) is 10.6. The summed E-state index contributed by atoms with van der Waals surface area (Å²) in [6, 6.07) is 4.55.